The van der Waals surface area contributed by atoms with E-state index < -0.39 is 47.5 Å². The zero-order valence-corrected chi connectivity index (χ0v) is 10.1. The van der Waals surface area contributed by atoms with Crippen LogP contribution >= 0.6 is 0 Å². The highest BCUT2D eigenvalue weighted by atomic mass is 19.2. The monoisotopic (exact) mass is 295 g/mol. The number of hydrogen-bond donors (Lipinski definition) is 0. The summed E-state index contributed by atoms with van der Waals surface area (Å²) in [5.41, 5.74) is -0.884. The Labute approximate surface area is 110 Å². The summed E-state index contributed by atoms with van der Waals surface area (Å²) in [7, 11) is 0. The minimum atomic E-state index is -2.03. The second-order valence-electron chi connectivity index (χ2n) is 4.24. The molecule has 1 aromatic rings. The van der Waals surface area contributed by atoms with Gasteiger partial charge in [0, 0.05) is 13.1 Å². The van der Waals surface area contributed by atoms with Gasteiger partial charge < -0.3 is 9.64 Å². The van der Waals surface area contributed by atoms with Crippen LogP contribution in [0, 0.1) is 23.3 Å². The molecule has 0 saturated carbocycles. The molecule has 0 radical (unpaired) electrons. The molecule has 0 unspecified atom stereocenters. The van der Waals surface area contributed by atoms with E-state index in [0.29, 0.717) is 6.07 Å². The lowest BCUT2D eigenvalue weighted by Gasteiger charge is -2.38. The molecular formula is C12H10F5NO2. The van der Waals surface area contributed by atoms with Crippen LogP contribution in [0.15, 0.2) is 6.07 Å². The first-order valence-corrected chi connectivity index (χ1v) is 5.75. The fourth-order valence-corrected chi connectivity index (χ4v) is 1.82. The third kappa shape index (κ3) is 2.60. The molecule has 20 heavy (non-hydrogen) atoms. The smallest absolute Gasteiger partial charge is 0.257 e. The van der Waals surface area contributed by atoms with Gasteiger partial charge >= 0.3 is 0 Å². The second-order valence-corrected chi connectivity index (χ2v) is 4.24. The average molecular weight is 295 g/mol. The van der Waals surface area contributed by atoms with Gasteiger partial charge in [0.15, 0.2) is 23.3 Å². The summed E-state index contributed by atoms with van der Waals surface area (Å²) in [4.78, 5) is 12.9. The van der Waals surface area contributed by atoms with Crippen molar-refractivity contribution >= 4 is 5.91 Å². The summed E-state index contributed by atoms with van der Waals surface area (Å²) in [6, 6.07) is 0.311. The van der Waals surface area contributed by atoms with Gasteiger partial charge in [-0.2, -0.15) is 0 Å². The van der Waals surface area contributed by atoms with E-state index >= 15 is 0 Å². The minimum Gasteiger partial charge on any atom is -0.372 e. The van der Waals surface area contributed by atoms with Crippen molar-refractivity contribution < 1.29 is 31.5 Å². The van der Waals surface area contributed by atoms with Crippen molar-refractivity contribution in [3.63, 3.8) is 0 Å². The van der Waals surface area contributed by atoms with E-state index in [0.717, 1.165) is 4.90 Å². The lowest BCUT2D eigenvalue weighted by molar-refractivity contribution is -0.0458. The largest absolute Gasteiger partial charge is 0.372 e. The van der Waals surface area contributed by atoms with Crippen LogP contribution in [-0.2, 0) is 4.74 Å². The van der Waals surface area contributed by atoms with Gasteiger partial charge in [-0.25, -0.2) is 22.0 Å². The number of rotatable bonds is 4. The third-order valence-corrected chi connectivity index (χ3v) is 2.90. The van der Waals surface area contributed by atoms with Crippen molar-refractivity contribution in [2.24, 2.45) is 0 Å². The minimum absolute atomic E-state index is 0.0545. The molecule has 1 heterocycles. The highest BCUT2D eigenvalue weighted by Gasteiger charge is 2.34. The van der Waals surface area contributed by atoms with E-state index in [1.54, 1.807) is 0 Å². The highest BCUT2D eigenvalue weighted by molar-refractivity contribution is 5.95. The number of likely N-dealkylation sites (tertiary alicyclic amines) is 1. The Hall–Kier alpha value is -1.70. The molecule has 0 bridgehead atoms. The quantitative estimate of drug-likeness (QED) is 0.483. The molecule has 0 spiro atoms. The van der Waals surface area contributed by atoms with Crippen LogP contribution in [0.25, 0.3) is 0 Å². The van der Waals surface area contributed by atoms with Crippen LogP contribution in [-0.4, -0.2) is 43.3 Å². The number of carbonyl (C=O) groups is 1. The Morgan fingerprint density at radius 3 is 2.45 bits per heavy atom. The molecule has 110 valence electrons. The van der Waals surface area contributed by atoms with E-state index in [2.05, 4.69) is 0 Å². The summed E-state index contributed by atoms with van der Waals surface area (Å²) in [6.07, 6.45) is -0.395. The molecule has 8 heteroatoms. The molecule has 1 fully saturated rings. The number of ether oxygens (including phenoxy) is 1. The molecule has 2 rings (SSSR count). The van der Waals surface area contributed by atoms with Crippen LogP contribution in [0.3, 0.4) is 0 Å². The summed E-state index contributed by atoms with van der Waals surface area (Å²) >= 11 is 0. The zero-order valence-electron chi connectivity index (χ0n) is 10.1. The van der Waals surface area contributed by atoms with Gasteiger partial charge in [-0.1, -0.05) is 0 Å². The number of carbonyl (C=O) groups excluding carboxylic acids is 1. The molecular weight excluding hydrogens is 285 g/mol. The van der Waals surface area contributed by atoms with E-state index in [4.69, 9.17) is 4.74 Å². The third-order valence-electron chi connectivity index (χ3n) is 2.90. The SMILES string of the molecule is O=C(c1cc(F)c(F)c(F)c1F)N1CC(OCCF)C1. The predicted octanol–water partition coefficient (Wildman–Crippen LogP) is 2.05. The first kappa shape index (κ1) is 14.7. The number of nitrogens with zero attached hydrogens (tertiary/aromatic N) is 1. The lowest BCUT2D eigenvalue weighted by atomic mass is 10.1. The molecule has 0 aliphatic carbocycles. The maximum Gasteiger partial charge on any atom is 0.257 e. The Bertz CT molecular complexity index is 531. The maximum atomic E-state index is 13.4. The topological polar surface area (TPSA) is 29.5 Å². The number of halogens is 5. The lowest BCUT2D eigenvalue weighted by Crippen LogP contribution is -2.55. The van der Waals surface area contributed by atoms with Gasteiger partial charge in [-0.05, 0) is 6.07 Å². The van der Waals surface area contributed by atoms with Crippen LogP contribution in [0.2, 0.25) is 0 Å². The van der Waals surface area contributed by atoms with Crippen LogP contribution < -0.4 is 0 Å². The zero-order chi connectivity index (χ0) is 14.9. The summed E-state index contributed by atoms with van der Waals surface area (Å²) in [6.45, 7) is -0.688. The molecule has 3 nitrogen and oxygen atoms in total. The standard InChI is InChI=1S/C12H10F5NO2/c13-1-2-20-6-4-18(5-6)12(19)7-3-8(14)10(16)11(17)9(7)15/h3,6H,1-2,4-5H2. The first-order valence-electron chi connectivity index (χ1n) is 5.75. The van der Waals surface area contributed by atoms with E-state index in [1.165, 1.54) is 0 Å². The second kappa shape index (κ2) is 5.74. The normalized spacial score (nSPS) is 15.3. The van der Waals surface area contributed by atoms with Gasteiger partial charge in [-0.15, -0.1) is 0 Å². The van der Waals surface area contributed by atoms with Crippen molar-refractivity contribution in [1.82, 2.24) is 4.90 Å². The van der Waals surface area contributed by atoms with Gasteiger partial charge in [0.1, 0.15) is 6.67 Å². The van der Waals surface area contributed by atoms with E-state index in [-0.39, 0.29) is 19.7 Å². The molecule has 0 atom stereocenters. The summed E-state index contributed by atoms with van der Waals surface area (Å²) in [5, 5.41) is 0. The van der Waals surface area contributed by atoms with Crippen LogP contribution in [0.5, 0.6) is 0 Å². The Kier molecular flexibility index (Phi) is 4.22. The number of hydrogen-bond acceptors (Lipinski definition) is 2. The molecule has 1 aliphatic heterocycles. The van der Waals surface area contributed by atoms with Crippen molar-refractivity contribution in [1.29, 1.82) is 0 Å². The molecule has 1 amide bonds. The Balaban J connectivity index is 2.08. The molecule has 1 aliphatic rings. The Morgan fingerprint density at radius 2 is 1.85 bits per heavy atom. The van der Waals surface area contributed by atoms with Crippen molar-refractivity contribution in [2.75, 3.05) is 26.4 Å². The van der Waals surface area contributed by atoms with Crippen molar-refractivity contribution in [3.05, 3.63) is 34.9 Å². The molecule has 0 aromatic heterocycles. The van der Waals surface area contributed by atoms with Gasteiger partial charge in [0.2, 0.25) is 0 Å². The fourth-order valence-electron chi connectivity index (χ4n) is 1.82. The van der Waals surface area contributed by atoms with Gasteiger partial charge in [-0.3, -0.25) is 4.79 Å². The number of alkyl halides is 1. The fraction of sp³-hybridized carbons (Fsp3) is 0.417. The van der Waals surface area contributed by atoms with Crippen molar-refractivity contribution in [3.8, 4) is 0 Å². The number of amides is 1. The molecule has 1 saturated heterocycles. The van der Waals surface area contributed by atoms with Gasteiger partial charge in [0.25, 0.3) is 5.91 Å². The molecule has 1 aromatic carbocycles. The molecule has 0 N–H and O–H groups in total. The van der Waals surface area contributed by atoms with Gasteiger partial charge in [0.05, 0.1) is 18.3 Å². The summed E-state index contributed by atoms with van der Waals surface area (Å²) in [5.74, 6) is -8.34. The summed E-state index contributed by atoms with van der Waals surface area (Å²) < 4.78 is 69.0. The van der Waals surface area contributed by atoms with Crippen LogP contribution in [0.4, 0.5) is 22.0 Å². The Morgan fingerprint density at radius 1 is 1.20 bits per heavy atom. The predicted molar refractivity (Wildman–Crippen MR) is 57.9 cm³/mol. The van der Waals surface area contributed by atoms with E-state index in [9.17, 15) is 26.7 Å². The maximum absolute atomic E-state index is 13.4. The first-order chi connectivity index (χ1) is 9.45. The highest BCUT2D eigenvalue weighted by Crippen LogP contribution is 2.22. The van der Waals surface area contributed by atoms with Crippen molar-refractivity contribution in [2.45, 2.75) is 6.10 Å². The van der Waals surface area contributed by atoms with E-state index in [1.807, 2.05) is 0 Å². The van der Waals surface area contributed by atoms with Crippen LogP contribution in [0.1, 0.15) is 10.4 Å². The number of benzene rings is 1. The average Bonchev–Trinajstić information content (AvgIpc) is 2.38.